The lowest BCUT2D eigenvalue weighted by atomic mass is 10.2. The van der Waals surface area contributed by atoms with Crippen LogP contribution in [0.15, 0.2) is 11.0 Å². The number of hydrogen-bond donors (Lipinski definition) is 2. The van der Waals surface area contributed by atoms with E-state index in [1.165, 1.54) is 11.0 Å². The van der Waals surface area contributed by atoms with Crippen molar-refractivity contribution in [2.45, 2.75) is 30.7 Å². The first-order chi connectivity index (χ1) is 9.21. The Hall–Kier alpha value is -1.45. The molecule has 1 fully saturated rings. The molecule has 1 aromatic rings. The van der Waals surface area contributed by atoms with Gasteiger partial charge in [0.1, 0.15) is 6.04 Å². The van der Waals surface area contributed by atoms with Gasteiger partial charge in [-0.3, -0.25) is 4.79 Å². The van der Waals surface area contributed by atoms with E-state index in [9.17, 15) is 18.0 Å². The van der Waals surface area contributed by atoms with Gasteiger partial charge in [0.2, 0.25) is 10.0 Å². The van der Waals surface area contributed by atoms with Crippen LogP contribution in [0.2, 0.25) is 0 Å². The summed E-state index contributed by atoms with van der Waals surface area (Å²) in [6, 6.07) is 0.373. The molecule has 2 heterocycles. The molecule has 0 radical (unpaired) electrons. The maximum absolute atomic E-state index is 12.3. The van der Waals surface area contributed by atoms with E-state index < -0.39 is 27.9 Å². The molecular weight excluding hydrogens is 304 g/mol. The van der Waals surface area contributed by atoms with Crippen molar-refractivity contribution in [3.05, 3.63) is 15.8 Å². The smallest absolute Gasteiger partial charge is 0.326 e. The number of primary sulfonamides is 1. The molecule has 1 aromatic heterocycles. The molecule has 0 saturated carbocycles. The van der Waals surface area contributed by atoms with Crippen LogP contribution in [0, 0.1) is 6.92 Å². The van der Waals surface area contributed by atoms with E-state index in [1.807, 2.05) is 0 Å². The van der Waals surface area contributed by atoms with E-state index in [0.717, 1.165) is 11.3 Å². The van der Waals surface area contributed by atoms with Gasteiger partial charge in [0, 0.05) is 11.4 Å². The third-order valence-corrected chi connectivity index (χ3v) is 5.39. The molecule has 110 valence electrons. The van der Waals surface area contributed by atoms with Crippen LogP contribution in [0.4, 0.5) is 0 Å². The van der Waals surface area contributed by atoms with Crippen LogP contribution in [0.3, 0.4) is 0 Å². The average molecular weight is 318 g/mol. The summed E-state index contributed by atoms with van der Waals surface area (Å²) in [6.45, 7) is 1.91. The second-order valence-corrected chi connectivity index (χ2v) is 7.36. The van der Waals surface area contributed by atoms with Crippen molar-refractivity contribution in [3.8, 4) is 0 Å². The molecule has 0 spiro atoms. The Morgan fingerprint density at radius 1 is 1.50 bits per heavy atom. The molecular formula is C11H14N2O5S2. The number of thiophene rings is 1. The molecule has 0 aliphatic carbocycles. The molecule has 0 unspecified atom stereocenters. The van der Waals surface area contributed by atoms with Crippen molar-refractivity contribution in [2.24, 2.45) is 5.14 Å². The molecule has 9 heteroatoms. The van der Waals surface area contributed by atoms with Gasteiger partial charge in [0.15, 0.2) is 0 Å². The number of likely N-dealkylation sites (tertiary alicyclic amines) is 1. The van der Waals surface area contributed by atoms with Crippen LogP contribution >= 0.6 is 11.3 Å². The molecule has 0 aromatic carbocycles. The molecule has 1 aliphatic rings. The number of hydrogen-bond acceptors (Lipinski definition) is 5. The highest BCUT2D eigenvalue weighted by molar-refractivity contribution is 7.89. The minimum Gasteiger partial charge on any atom is -0.480 e. The fourth-order valence-corrected chi connectivity index (χ4v) is 4.36. The van der Waals surface area contributed by atoms with Crippen LogP contribution in [0.25, 0.3) is 0 Å². The highest BCUT2D eigenvalue weighted by atomic mass is 32.2. The summed E-state index contributed by atoms with van der Waals surface area (Å²) >= 11 is 1.01. The molecule has 1 amide bonds. The zero-order chi connectivity index (χ0) is 15.1. The van der Waals surface area contributed by atoms with E-state index >= 15 is 0 Å². The number of carboxylic acid groups (broad SMARTS) is 1. The first-order valence-corrected chi connectivity index (χ1v) is 8.25. The number of nitrogens with zero attached hydrogens (tertiary/aromatic N) is 1. The largest absolute Gasteiger partial charge is 0.480 e. The minimum atomic E-state index is -3.88. The monoisotopic (exact) mass is 318 g/mol. The van der Waals surface area contributed by atoms with Gasteiger partial charge < -0.3 is 10.0 Å². The zero-order valence-corrected chi connectivity index (χ0v) is 12.3. The number of carbonyl (C=O) groups is 2. The second-order valence-electron chi connectivity index (χ2n) is 4.57. The van der Waals surface area contributed by atoms with Crippen molar-refractivity contribution in [2.75, 3.05) is 6.54 Å². The first-order valence-electron chi connectivity index (χ1n) is 5.89. The third-order valence-electron chi connectivity index (χ3n) is 3.19. The van der Waals surface area contributed by atoms with E-state index in [-0.39, 0.29) is 9.77 Å². The normalized spacial score (nSPS) is 19.3. The summed E-state index contributed by atoms with van der Waals surface area (Å²) in [6.07, 6.45) is 1.03. The van der Waals surface area contributed by atoms with Gasteiger partial charge in [-0.15, -0.1) is 11.3 Å². The zero-order valence-electron chi connectivity index (χ0n) is 10.7. The topological polar surface area (TPSA) is 118 Å². The van der Waals surface area contributed by atoms with Crippen LogP contribution in [0.1, 0.15) is 27.4 Å². The number of amides is 1. The summed E-state index contributed by atoms with van der Waals surface area (Å²) in [4.78, 5) is 25.2. The summed E-state index contributed by atoms with van der Waals surface area (Å²) in [7, 11) is -3.88. The summed E-state index contributed by atoms with van der Waals surface area (Å²) in [5.41, 5.74) is 0. The third kappa shape index (κ3) is 2.69. The lowest BCUT2D eigenvalue weighted by Gasteiger charge is -2.20. The van der Waals surface area contributed by atoms with Gasteiger partial charge in [-0.1, -0.05) is 0 Å². The fraction of sp³-hybridized carbons (Fsp3) is 0.455. The number of carbonyl (C=O) groups excluding carboxylic acids is 1. The van der Waals surface area contributed by atoms with Gasteiger partial charge >= 0.3 is 5.97 Å². The SMILES string of the molecule is Cc1sc(C(=O)N2CCC[C@@H]2C(=O)O)cc1S(N)(=O)=O. The van der Waals surface area contributed by atoms with Crippen molar-refractivity contribution in [3.63, 3.8) is 0 Å². The van der Waals surface area contributed by atoms with Crippen molar-refractivity contribution in [1.82, 2.24) is 4.90 Å². The van der Waals surface area contributed by atoms with Crippen molar-refractivity contribution >= 4 is 33.2 Å². The molecule has 20 heavy (non-hydrogen) atoms. The average Bonchev–Trinajstić information content (AvgIpc) is 2.92. The number of aliphatic carboxylic acids is 1. The van der Waals surface area contributed by atoms with Crippen LogP contribution in [-0.2, 0) is 14.8 Å². The predicted octanol–water partition coefficient (Wildman–Crippen LogP) is 0.393. The van der Waals surface area contributed by atoms with E-state index in [0.29, 0.717) is 24.3 Å². The highest BCUT2D eigenvalue weighted by Crippen LogP contribution is 2.28. The summed E-state index contributed by atoms with van der Waals surface area (Å²) in [5, 5.41) is 14.1. The Morgan fingerprint density at radius 2 is 2.15 bits per heavy atom. The Kier molecular flexibility index (Phi) is 3.85. The molecule has 0 bridgehead atoms. The van der Waals surface area contributed by atoms with Crippen molar-refractivity contribution in [1.29, 1.82) is 0 Å². The Morgan fingerprint density at radius 3 is 2.65 bits per heavy atom. The Labute approximate surface area is 120 Å². The quantitative estimate of drug-likeness (QED) is 0.836. The molecule has 7 nitrogen and oxygen atoms in total. The van der Waals surface area contributed by atoms with E-state index in [2.05, 4.69) is 0 Å². The van der Waals surface area contributed by atoms with Gasteiger partial charge in [-0.05, 0) is 25.8 Å². The van der Waals surface area contributed by atoms with Crippen LogP contribution in [0.5, 0.6) is 0 Å². The van der Waals surface area contributed by atoms with E-state index in [1.54, 1.807) is 6.92 Å². The second kappa shape index (κ2) is 5.15. The van der Waals surface area contributed by atoms with Gasteiger partial charge in [0.25, 0.3) is 5.91 Å². The highest BCUT2D eigenvalue weighted by Gasteiger charge is 2.35. The minimum absolute atomic E-state index is 0.0862. The van der Waals surface area contributed by atoms with Gasteiger partial charge in [0.05, 0.1) is 9.77 Å². The number of rotatable bonds is 3. The molecule has 3 N–H and O–H groups in total. The lowest BCUT2D eigenvalue weighted by molar-refractivity contribution is -0.141. The lowest BCUT2D eigenvalue weighted by Crippen LogP contribution is -2.40. The molecule has 1 atom stereocenters. The van der Waals surface area contributed by atoms with E-state index in [4.69, 9.17) is 10.2 Å². The maximum Gasteiger partial charge on any atom is 0.326 e. The van der Waals surface area contributed by atoms with Crippen LogP contribution < -0.4 is 5.14 Å². The Bertz CT molecular complexity index is 664. The molecule has 1 aliphatic heterocycles. The number of aryl methyl sites for hydroxylation is 1. The molecule has 1 saturated heterocycles. The summed E-state index contributed by atoms with van der Waals surface area (Å²) in [5.74, 6) is -1.51. The fourth-order valence-electron chi connectivity index (χ4n) is 2.26. The number of nitrogens with two attached hydrogens (primary N) is 1. The van der Waals surface area contributed by atoms with Gasteiger partial charge in [-0.2, -0.15) is 0 Å². The Balaban J connectivity index is 2.33. The summed E-state index contributed by atoms with van der Waals surface area (Å²) < 4.78 is 22.7. The van der Waals surface area contributed by atoms with Crippen molar-refractivity contribution < 1.29 is 23.1 Å². The first kappa shape index (κ1) is 14.9. The number of carboxylic acids is 1. The predicted molar refractivity (Wildman–Crippen MR) is 72.1 cm³/mol. The maximum atomic E-state index is 12.3. The van der Waals surface area contributed by atoms with Gasteiger partial charge in [-0.25, -0.2) is 18.4 Å². The standard InChI is InChI=1S/C11H14N2O5S2/c1-6-9(20(12,17)18)5-8(19-6)10(14)13-4-2-3-7(13)11(15)16/h5,7H,2-4H2,1H3,(H,15,16)(H2,12,17,18)/t7-/m1/s1. The van der Waals surface area contributed by atoms with Crippen LogP contribution in [-0.4, -0.2) is 42.9 Å². The molecule has 2 rings (SSSR count). The number of sulfonamides is 1.